The molecule has 1 amide bonds. The van der Waals surface area contributed by atoms with E-state index in [9.17, 15) is 9.18 Å². The van der Waals surface area contributed by atoms with E-state index in [2.05, 4.69) is 29.1 Å². The van der Waals surface area contributed by atoms with Crippen LogP contribution in [0.5, 0.6) is 11.5 Å². The molecular weight excluding hydrogens is 459 g/mol. The molecule has 0 aliphatic rings. The Balaban J connectivity index is 1.58. The molecular formula is C28H29FN4O3. The third-order valence-corrected chi connectivity index (χ3v) is 5.82. The van der Waals surface area contributed by atoms with Crippen molar-refractivity contribution in [2.75, 3.05) is 19.0 Å². The van der Waals surface area contributed by atoms with E-state index in [1.807, 2.05) is 24.3 Å². The Morgan fingerprint density at radius 2 is 1.75 bits per heavy atom. The lowest BCUT2D eigenvalue weighted by Gasteiger charge is -2.24. The second-order valence-corrected chi connectivity index (χ2v) is 9.19. The maximum Gasteiger partial charge on any atom is 0.248 e. The second-order valence-electron chi connectivity index (χ2n) is 9.19. The van der Waals surface area contributed by atoms with Gasteiger partial charge >= 0.3 is 0 Å². The molecule has 186 valence electrons. The van der Waals surface area contributed by atoms with Gasteiger partial charge in [0.2, 0.25) is 5.91 Å². The minimum Gasteiger partial charge on any atom is -0.493 e. The molecule has 0 aliphatic carbocycles. The Labute approximate surface area is 209 Å². The van der Waals surface area contributed by atoms with Crippen molar-refractivity contribution >= 4 is 22.5 Å². The lowest BCUT2D eigenvalue weighted by atomic mass is 9.92. The number of ether oxygens (including phenoxy) is 2. The van der Waals surface area contributed by atoms with Crippen molar-refractivity contribution in [1.82, 2.24) is 9.97 Å². The van der Waals surface area contributed by atoms with Gasteiger partial charge in [-0.1, -0.05) is 38.1 Å². The van der Waals surface area contributed by atoms with Gasteiger partial charge in [0.1, 0.15) is 17.7 Å². The first-order chi connectivity index (χ1) is 17.2. The predicted molar refractivity (Wildman–Crippen MR) is 138 cm³/mol. The number of fused-ring (bicyclic) bond motifs is 1. The lowest BCUT2D eigenvalue weighted by Crippen LogP contribution is -2.45. The normalized spacial score (nSPS) is 12.9. The first kappa shape index (κ1) is 25.1. The molecule has 1 heterocycles. The monoisotopic (exact) mass is 488 g/mol. The van der Waals surface area contributed by atoms with E-state index in [1.165, 1.54) is 30.6 Å². The summed E-state index contributed by atoms with van der Waals surface area (Å²) < 4.78 is 24.7. The average molecular weight is 489 g/mol. The number of aromatic nitrogens is 2. The van der Waals surface area contributed by atoms with Gasteiger partial charge in [-0.3, -0.25) is 4.79 Å². The van der Waals surface area contributed by atoms with E-state index in [0.717, 1.165) is 22.2 Å². The average Bonchev–Trinajstić information content (AvgIpc) is 2.87. The van der Waals surface area contributed by atoms with Crippen molar-refractivity contribution in [3.05, 3.63) is 78.4 Å². The first-order valence-electron chi connectivity index (χ1n) is 11.6. The van der Waals surface area contributed by atoms with Crippen molar-refractivity contribution in [3.63, 3.8) is 0 Å². The minimum absolute atomic E-state index is 0.373. The number of nitrogens with two attached hydrogens (primary N) is 1. The van der Waals surface area contributed by atoms with E-state index >= 15 is 0 Å². The molecule has 1 atom stereocenters. The van der Waals surface area contributed by atoms with Crippen molar-refractivity contribution in [1.29, 1.82) is 0 Å². The van der Waals surface area contributed by atoms with Crippen LogP contribution in [0.25, 0.3) is 22.2 Å². The minimum atomic E-state index is -1.33. The Bertz CT molecular complexity index is 1370. The van der Waals surface area contributed by atoms with Gasteiger partial charge < -0.3 is 20.5 Å². The number of rotatable bonds is 8. The number of halogens is 1. The summed E-state index contributed by atoms with van der Waals surface area (Å²) in [7, 11) is 1.60. The largest absolute Gasteiger partial charge is 0.493 e. The Morgan fingerprint density at radius 1 is 1.06 bits per heavy atom. The van der Waals surface area contributed by atoms with Crippen LogP contribution in [-0.2, 0) is 10.3 Å². The van der Waals surface area contributed by atoms with Crippen molar-refractivity contribution < 1.29 is 18.7 Å². The number of benzene rings is 3. The highest BCUT2D eigenvalue weighted by atomic mass is 19.1. The van der Waals surface area contributed by atoms with Crippen molar-refractivity contribution in [2.45, 2.75) is 26.3 Å². The van der Waals surface area contributed by atoms with Crippen LogP contribution >= 0.6 is 0 Å². The van der Waals surface area contributed by atoms with Gasteiger partial charge in [-0.05, 0) is 48.7 Å². The fraction of sp³-hybridized carbons (Fsp3) is 0.250. The summed E-state index contributed by atoms with van der Waals surface area (Å²) in [6.45, 7) is 6.31. The molecule has 8 heteroatoms. The van der Waals surface area contributed by atoms with Gasteiger partial charge in [0.25, 0.3) is 0 Å². The molecule has 0 saturated carbocycles. The number of amides is 1. The molecule has 4 rings (SSSR count). The number of anilines is 1. The van der Waals surface area contributed by atoms with Gasteiger partial charge in [-0.25, -0.2) is 14.4 Å². The molecule has 3 aromatic carbocycles. The first-order valence-corrected chi connectivity index (χ1v) is 11.6. The summed E-state index contributed by atoms with van der Waals surface area (Å²) >= 11 is 0. The predicted octanol–water partition coefficient (Wildman–Crippen LogP) is 5.29. The van der Waals surface area contributed by atoms with Crippen molar-refractivity contribution in [3.8, 4) is 22.8 Å². The molecule has 0 aliphatic heterocycles. The number of nitrogens with zero attached hydrogens (tertiary/aromatic N) is 2. The summed E-state index contributed by atoms with van der Waals surface area (Å²) in [6, 6.07) is 16.6. The van der Waals surface area contributed by atoms with Gasteiger partial charge in [0, 0.05) is 22.7 Å². The highest BCUT2D eigenvalue weighted by molar-refractivity contribution is 5.99. The number of methoxy groups -OCH3 is 1. The Kier molecular flexibility index (Phi) is 7.17. The number of carbonyl (C=O) groups is 1. The molecule has 1 unspecified atom stereocenters. The standard InChI is InChI=1S/C28H29FN4O3/c1-17(2)15-36-25-14-23-22(13-24(25)35-4)26(32-16-31-23)18-5-11-21(12-6-18)33-27(34)28(3,30)19-7-9-20(29)10-8-19/h5-14,16-17H,15,30H2,1-4H3,(H,33,34). The smallest absolute Gasteiger partial charge is 0.248 e. The van der Waals surface area contributed by atoms with Crippen LogP contribution < -0.4 is 20.5 Å². The molecule has 1 aromatic heterocycles. The molecule has 4 aromatic rings. The van der Waals surface area contributed by atoms with Crippen LogP contribution in [0.1, 0.15) is 26.3 Å². The lowest BCUT2D eigenvalue weighted by molar-refractivity contribution is -0.120. The van der Waals surface area contributed by atoms with Crippen LogP contribution in [0.15, 0.2) is 67.0 Å². The third kappa shape index (κ3) is 5.28. The van der Waals surface area contributed by atoms with E-state index in [0.29, 0.717) is 35.3 Å². The van der Waals surface area contributed by atoms with E-state index in [1.54, 1.807) is 26.2 Å². The molecule has 0 radical (unpaired) electrons. The number of hydrogen-bond acceptors (Lipinski definition) is 6. The Morgan fingerprint density at radius 3 is 2.39 bits per heavy atom. The molecule has 7 nitrogen and oxygen atoms in total. The molecule has 0 fully saturated rings. The highest BCUT2D eigenvalue weighted by Crippen LogP contribution is 2.36. The zero-order valence-electron chi connectivity index (χ0n) is 20.7. The fourth-order valence-corrected chi connectivity index (χ4v) is 3.72. The zero-order chi connectivity index (χ0) is 25.9. The number of carbonyl (C=O) groups excluding carboxylic acids is 1. The maximum atomic E-state index is 13.3. The highest BCUT2D eigenvalue weighted by Gasteiger charge is 2.30. The second kappa shape index (κ2) is 10.3. The van der Waals surface area contributed by atoms with Gasteiger partial charge in [-0.15, -0.1) is 0 Å². The SMILES string of the molecule is COc1cc2c(-c3ccc(NC(=O)C(C)(N)c4ccc(F)cc4)cc3)ncnc2cc1OCC(C)C. The summed E-state index contributed by atoms with van der Waals surface area (Å²) in [6.07, 6.45) is 1.51. The zero-order valence-corrected chi connectivity index (χ0v) is 20.7. The van der Waals surface area contributed by atoms with Crippen LogP contribution in [0.2, 0.25) is 0 Å². The van der Waals surface area contributed by atoms with Crippen LogP contribution in [0.4, 0.5) is 10.1 Å². The van der Waals surface area contributed by atoms with Crippen LogP contribution in [0, 0.1) is 11.7 Å². The summed E-state index contributed by atoms with van der Waals surface area (Å²) in [5, 5.41) is 3.65. The van der Waals surface area contributed by atoms with Gasteiger partial charge in [0.05, 0.1) is 24.9 Å². The van der Waals surface area contributed by atoms with E-state index in [-0.39, 0.29) is 5.82 Å². The summed E-state index contributed by atoms with van der Waals surface area (Å²) in [5.74, 6) is 0.810. The summed E-state index contributed by atoms with van der Waals surface area (Å²) in [5.41, 5.74) is 8.31. The van der Waals surface area contributed by atoms with Gasteiger partial charge in [0.15, 0.2) is 11.5 Å². The fourth-order valence-electron chi connectivity index (χ4n) is 3.72. The number of nitrogens with one attached hydrogen (secondary N) is 1. The quantitative estimate of drug-likeness (QED) is 0.350. The van der Waals surface area contributed by atoms with Crippen LogP contribution in [0.3, 0.4) is 0 Å². The maximum absolute atomic E-state index is 13.3. The van der Waals surface area contributed by atoms with Crippen molar-refractivity contribution in [2.24, 2.45) is 11.7 Å². The molecule has 0 spiro atoms. The van der Waals surface area contributed by atoms with E-state index in [4.69, 9.17) is 15.2 Å². The molecule has 3 N–H and O–H groups in total. The molecule has 0 bridgehead atoms. The third-order valence-electron chi connectivity index (χ3n) is 5.82. The summed E-state index contributed by atoms with van der Waals surface area (Å²) in [4.78, 5) is 21.8. The van der Waals surface area contributed by atoms with Crippen LogP contribution in [-0.4, -0.2) is 29.6 Å². The van der Waals surface area contributed by atoms with Gasteiger partial charge in [-0.2, -0.15) is 0 Å². The Hall–Kier alpha value is -4.04. The molecule has 36 heavy (non-hydrogen) atoms. The number of hydrogen-bond donors (Lipinski definition) is 2. The van der Waals surface area contributed by atoms with E-state index < -0.39 is 11.4 Å². The molecule has 0 saturated heterocycles. The topological polar surface area (TPSA) is 99.4 Å².